The minimum Gasteiger partial charge on any atom is -0.480 e. The van der Waals surface area contributed by atoms with Gasteiger partial charge in [-0.15, -0.1) is 0 Å². The van der Waals surface area contributed by atoms with E-state index in [0.717, 1.165) is 12.8 Å². The Labute approximate surface area is 89.9 Å². The molecule has 0 radical (unpaired) electrons. The number of benzene rings is 1. The molecule has 0 unspecified atom stereocenters. The van der Waals surface area contributed by atoms with Crippen molar-refractivity contribution in [2.24, 2.45) is 5.73 Å². The van der Waals surface area contributed by atoms with Crippen LogP contribution in [0.2, 0.25) is 0 Å². The fraction of sp³-hybridized carbons (Fsp3) is 0.417. The summed E-state index contributed by atoms with van der Waals surface area (Å²) in [4.78, 5) is 10.7. The van der Waals surface area contributed by atoms with Gasteiger partial charge in [-0.05, 0) is 31.7 Å². The fourth-order valence-corrected chi connectivity index (χ4v) is 1.41. The van der Waals surface area contributed by atoms with Crippen LogP contribution >= 0.6 is 0 Å². The van der Waals surface area contributed by atoms with Crippen LogP contribution in [-0.2, 0) is 11.2 Å². The molecule has 0 aromatic heterocycles. The van der Waals surface area contributed by atoms with E-state index in [2.05, 4.69) is 0 Å². The van der Waals surface area contributed by atoms with Crippen molar-refractivity contribution in [3.63, 3.8) is 0 Å². The maximum absolute atomic E-state index is 10.7. The Bertz CT molecular complexity index is 320. The Morgan fingerprint density at radius 1 is 1.40 bits per heavy atom. The van der Waals surface area contributed by atoms with E-state index >= 15 is 0 Å². The van der Waals surface area contributed by atoms with E-state index in [-0.39, 0.29) is 0 Å². The highest BCUT2D eigenvalue weighted by Crippen LogP contribution is 2.12. The maximum Gasteiger partial charge on any atom is 0.323 e. The molecule has 15 heavy (non-hydrogen) atoms. The number of carbonyl (C=O) groups is 1. The number of aliphatic carboxylic acids is 1. The van der Waals surface area contributed by atoms with Crippen LogP contribution in [-0.4, -0.2) is 16.6 Å². The van der Waals surface area contributed by atoms with E-state index in [0.29, 0.717) is 6.42 Å². The second-order valence-electron chi connectivity index (χ2n) is 4.06. The van der Waals surface area contributed by atoms with Gasteiger partial charge in [0, 0.05) is 0 Å². The first-order valence-corrected chi connectivity index (χ1v) is 5.08. The summed E-state index contributed by atoms with van der Waals surface area (Å²) in [5.74, 6) is -0.935. The summed E-state index contributed by atoms with van der Waals surface area (Å²) in [7, 11) is 0. The molecule has 1 atom stereocenters. The van der Waals surface area contributed by atoms with Crippen molar-refractivity contribution in [2.75, 3.05) is 0 Å². The summed E-state index contributed by atoms with van der Waals surface area (Å²) < 4.78 is 0. The minimum absolute atomic E-state index is 0.497. The molecule has 1 rings (SSSR count). The third kappa shape index (κ3) is 3.72. The summed E-state index contributed by atoms with van der Waals surface area (Å²) >= 11 is 0. The Morgan fingerprint density at radius 3 is 2.53 bits per heavy atom. The lowest BCUT2D eigenvalue weighted by Crippen LogP contribution is -2.44. The summed E-state index contributed by atoms with van der Waals surface area (Å²) in [6, 6.07) is 10.00. The molecular formula is C12H17NO2. The van der Waals surface area contributed by atoms with E-state index in [1.165, 1.54) is 5.56 Å². The van der Waals surface area contributed by atoms with Crippen molar-refractivity contribution in [3.8, 4) is 0 Å². The van der Waals surface area contributed by atoms with Crippen LogP contribution in [0.15, 0.2) is 30.3 Å². The van der Waals surface area contributed by atoms with Crippen LogP contribution in [0.5, 0.6) is 0 Å². The number of carboxylic acid groups (broad SMARTS) is 1. The lowest BCUT2D eigenvalue weighted by Gasteiger charge is -2.18. The van der Waals surface area contributed by atoms with Crippen LogP contribution in [0, 0.1) is 0 Å². The maximum atomic E-state index is 10.7. The van der Waals surface area contributed by atoms with Crippen LogP contribution < -0.4 is 5.73 Å². The molecule has 0 aliphatic carbocycles. The largest absolute Gasteiger partial charge is 0.480 e. The molecule has 82 valence electrons. The fourth-order valence-electron chi connectivity index (χ4n) is 1.41. The standard InChI is InChI=1S/C12H17NO2/c1-12(13,11(14)15)9-5-8-10-6-3-2-4-7-10/h2-4,6-7H,5,8-9,13H2,1H3,(H,14,15)/t12-/m0/s1. The zero-order chi connectivity index (χ0) is 11.3. The molecule has 0 saturated carbocycles. The SMILES string of the molecule is C[C@](N)(CCCc1ccccc1)C(=O)O. The quantitative estimate of drug-likeness (QED) is 0.774. The summed E-state index contributed by atoms with van der Waals surface area (Å²) in [5.41, 5.74) is 5.74. The number of carboxylic acids is 1. The van der Waals surface area contributed by atoms with Crippen molar-refractivity contribution in [2.45, 2.75) is 31.7 Å². The first-order chi connectivity index (χ1) is 7.02. The van der Waals surface area contributed by atoms with Gasteiger partial charge < -0.3 is 10.8 Å². The second kappa shape index (κ2) is 4.94. The molecule has 0 saturated heterocycles. The number of hydrogen-bond acceptors (Lipinski definition) is 2. The minimum atomic E-state index is -1.10. The zero-order valence-corrected chi connectivity index (χ0v) is 8.94. The molecule has 0 bridgehead atoms. The van der Waals surface area contributed by atoms with Gasteiger partial charge >= 0.3 is 5.97 Å². The Balaban J connectivity index is 2.37. The second-order valence-corrected chi connectivity index (χ2v) is 4.06. The van der Waals surface area contributed by atoms with Gasteiger partial charge in [-0.25, -0.2) is 0 Å². The van der Waals surface area contributed by atoms with E-state index in [1.807, 2.05) is 30.3 Å². The number of aryl methyl sites for hydroxylation is 1. The van der Waals surface area contributed by atoms with Gasteiger partial charge in [0.25, 0.3) is 0 Å². The van der Waals surface area contributed by atoms with Gasteiger partial charge in [-0.3, -0.25) is 4.79 Å². The van der Waals surface area contributed by atoms with Crippen molar-refractivity contribution in [3.05, 3.63) is 35.9 Å². The van der Waals surface area contributed by atoms with Gasteiger partial charge in [-0.1, -0.05) is 30.3 Å². The van der Waals surface area contributed by atoms with Gasteiger partial charge in [0.2, 0.25) is 0 Å². The predicted octanol–water partition coefficient (Wildman–Crippen LogP) is 1.81. The average molecular weight is 207 g/mol. The first-order valence-electron chi connectivity index (χ1n) is 5.08. The van der Waals surface area contributed by atoms with Crippen LogP contribution in [0.25, 0.3) is 0 Å². The zero-order valence-electron chi connectivity index (χ0n) is 8.94. The predicted molar refractivity (Wildman–Crippen MR) is 59.6 cm³/mol. The molecular weight excluding hydrogens is 190 g/mol. The van der Waals surface area contributed by atoms with Crippen molar-refractivity contribution >= 4 is 5.97 Å². The molecule has 0 spiro atoms. The summed E-state index contributed by atoms with van der Waals surface area (Å²) in [6.07, 6.45) is 2.17. The normalized spacial score (nSPS) is 14.5. The van der Waals surface area contributed by atoms with Crippen molar-refractivity contribution < 1.29 is 9.90 Å². The lowest BCUT2D eigenvalue weighted by molar-refractivity contribution is -0.142. The lowest BCUT2D eigenvalue weighted by atomic mass is 9.95. The molecule has 3 N–H and O–H groups in total. The highest BCUT2D eigenvalue weighted by molar-refractivity contribution is 5.77. The van der Waals surface area contributed by atoms with Gasteiger partial charge in [0.05, 0.1) is 0 Å². The van der Waals surface area contributed by atoms with Crippen molar-refractivity contribution in [1.82, 2.24) is 0 Å². The van der Waals surface area contributed by atoms with Crippen LogP contribution in [0.3, 0.4) is 0 Å². The van der Waals surface area contributed by atoms with Crippen LogP contribution in [0.1, 0.15) is 25.3 Å². The topological polar surface area (TPSA) is 63.3 Å². The molecule has 3 heteroatoms. The molecule has 0 fully saturated rings. The van der Waals surface area contributed by atoms with E-state index in [1.54, 1.807) is 6.92 Å². The molecule has 0 amide bonds. The van der Waals surface area contributed by atoms with Gasteiger partial charge in [0.1, 0.15) is 5.54 Å². The molecule has 3 nitrogen and oxygen atoms in total. The van der Waals surface area contributed by atoms with Crippen LogP contribution in [0.4, 0.5) is 0 Å². The Kier molecular flexibility index (Phi) is 3.86. The van der Waals surface area contributed by atoms with Crippen molar-refractivity contribution in [1.29, 1.82) is 0 Å². The first kappa shape index (κ1) is 11.7. The van der Waals surface area contributed by atoms with E-state index in [9.17, 15) is 4.79 Å². The third-order valence-electron chi connectivity index (χ3n) is 2.49. The third-order valence-corrected chi connectivity index (χ3v) is 2.49. The van der Waals surface area contributed by atoms with Gasteiger partial charge in [-0.2, -0.15) is 0 Å². The smallest absolute Gasteiger partial charge is 0.323 e. The number of rotatable bonds is 5. The summed E-state index contributed by atoms with van der Waals surface area (Å²) in [6.45, 7) is 1.56. The molecule has 0 heterocycles. The molecule has 1 aromatic carbocycles. The Hall–Kier alpha value is -1.35. The molecule has 0 aliphatic heterocycles. The number of nitrogens with two attached hydrogens (primary N) is 1. The van der Waals surface area contributed by atoms with Gasteiger partial charge in [0.15, 0.2) is 0 Å². The monoisotopic (exact) mass is 207 g/mol. The highest BCUT2D eigenvalue weighted by atomic mass is 16.4. The van der Waals surface area contributed by atoms with E-state index < -0.39 is 11.5 Å². The summed E-state index contributed by atoms with van der Waals surface area (Å²) in [5, 5.41) is 8.81. The molecule has 0 aliphatic rings. The average Bonchev–Trinajstić information content (AvgIpc) is 2.19. The molecule has 1 aromatic rings. The number of hydrogen-bond donors (Lipinski definition) is 2. The van der Waals surface area contributed by atoms with E-state index in [4.69, 9.17) is 10.8 Å². The highest BCUT2D eigenvalue weighted by Gasteiger charge is 2.26. The Morgan fingerprint density at radius 2 is 2.00 bits per heavy atom.